The van der Waals surface area contributed by atoms with Crippen molar-refractivity contribution >= 4 is 17.4 Å². The molecule has 2 aromatic rings. The number of ether oxygens (including phenoxy) is 1. The van der Waals surface area contributed by atoms with E-state index in [0.717, 1.165) is 12.3 Å². The summed E-state index contributed by atoms with van der Waals surface area (Å²) in [6, 6.07) is 0.873. The third-order valence-electron chi connectivity index (χ3n) is 3.46. The Hall–Kier alpha value is -1.94. The van der Waals surface area contributed by atoms with Gasteiger partial charge in [0.15, 0.2) is 5.82 Å². The Kier molecular flexibility index (Phi) is 4.11. The first-order chi connectivity index (χ1) is 10.9. The molecule has 11 heteroatoms. The number of nitrogens with zero attached hydrogens (tertiary/aromatic N) is 6. The van der Waals surface area contributed by atoms with Crippen molar-refractivity contribution < 1.29 is 17.9 Å². The molecule has 3 rings (SSSR count). The van der Waals surface area contributed by atoms with Crippen molar-refractivity contribution in [3.63, 3.8) is 0 Å². The minimum Gasteiger partial charge on any atom is -0.366 e. The maximum atomic E-state index is 12.7. The molecule has 1 atom stereocenters. The minimum absolute atomic E-state index is 0.0587. The second kappa shape index (κ2) is 5.93. The summed E-state index contributed by atoms with van der Waals surface area (Å²) in [4.78, 5) is 5.62. The molecule has 1 unspecified atom stereocenters. The largest absolute Gasteiger partial charge is 0.417 e. The summed E-state index contributed by atoms with van der Waals surface area (Å²) in [5.41, 5.74) is -0.881. The molecule has 0 radical (unpaired) electrons. The van der Waals surface area contributed by atoms with Crippen LogP contribution in [0.1, 0.15) is 17.5 Å². The summed E-state index contributed by atoms with van der Waals surface area (Å²) in [5, 5.41) is 11.1. The summed E-state index contributed by atoms with van der Waals surface area (Å²) in [6.45, 7) is 1.16. The highest BCUT2D eigenvalue weighted by Gasteiger charge is 2.33. The number of morpholine rings is 1. The number of alkyl halides is 3. The second-order valence-corrected chi connectivity index (χ2v) is 5.40. The highest BCUT2D eigenvalue weighted by Crippen LogP contribution is 2.34. The van der Waals surface area contributed by atoms with Gasteiger partial charge in [0.1, 0.15) is 11.9 Å². The van der Waals surface area contributed by atoms with Crippen LogP contribution in [0, 0.1) is 0 Å². The molecule has 7 nitrogen and oxygen atoms in total. The molecule has 0 amide bonds. The molecule has 1 aliphatic heterocycles. The van der Waals surface area contributed by atoms with E-state index in [0.29, 0.717) is 25.5 Å². The smallest absolute Gasteiger partial charge is 0.366 e. The third-order valence-corrected chi connectivity index (χ3v) is 3.73. The van der Waals surface area contributed by atoms with Crippen LogP contribution in [0.25, 0.3) is 0 Å². The lowest BCUT2D eigenvalue weighted by Crippen LogP contribution is -2.40. The fraction of sp³-hybridized carbons (Fsp3) is 0.500. The first-order valence-corrected chi connectivity index (χ1v) is 7.05. The summed E-state index contributed by atoms with van der Waals surface area (Å²) >= 11 is 5.98. The Morgan fingerprint density at radius 3 is 2.78 bits per heavy atom. The molecule has 3 heterocycles. The Morgan fingerprint density at radius 2 is 2.17 bits per heavy atom. The zero-order valence-electron chi connectivity index (χ0n) is 12.0. The third kappa shape index (κ3) is 3.22. The van der Waals surface area contributed by atoms with Crippen molar-refractivity contribution in [3.05, 3.63) is 28.7 Å². The average molecular weight is 349 g/mol. The molecule has 23 heavy (non-hydrogen) atoms. The van der Waals surface area contributed by atoms with Gasteiger partial charge in [0, 0.05) is 19.8 Å². The lowest BCUT2D eigenvalue weighted by Gasteiger charge is -2.33. The normalized spacial score (nSPS) is 19.2. The van der Waals surface area contributed by atoms with Gasteiger partial charge in [-0.15, -0.1) is 5.10 Å². The minimum atomic E-state index is -4.48. The molecule has 1 saturated heterocycles. The molecule has 2 aromatic heterocycles. The van der Waals surface area contributed by atoms with Gasteiger partial charge in [-0.1, -0.05) is 11.6 Å². The van der Waals surface area contributed by atoms with E-state index < -0.39 is 17.8 Å². The molecule has 1 aliphatic rings. The van der Waals surface area contributed by atoms with Crippen LogP contribution in [0.2, 0.25) is 5.02 Å². The van der Waals surface area contributed by atoms with Gasteiger partial charge in [-0.25, -0.2) is 9.67 Å². The highest BCUT2D eigenvalue weighted by molar-refractivity contribution is 6.33. The van der Waals surface area contributed by atoms with Crippen molar-refractivity contribution in [2.24, 2.45) is 7.05 Å². The quantitative estimate of drug-likeness (QED) is 0.825. The molecule has 0 aliphatic carbocycles. The fourth-order valence-electron chi connectivity index (χ4n) is 2.33. The molecular formula is C12H12ClF3N6O. The number of halogens is 4. The van der Waals surface area contributed by atoms with E-state index >= 15 is 0 Å². The second-order valence-electron chi connectivity index (χ2n) is 4.99. The van der Waals surface area contributed by atoms with Gasteiger partial charge in [0.2, 0.25) is 0 Å². The van der Waals surface area contributed by atoms with E-state index in [1.807, 2.05) is 0 Å². The van der Waals surface area contributed by atoms with Gasteiger partial charge in [-0.05, 0) is 16.5 Å². The zero-order valence-corrected chi connectivity index (χ0v) is 12.7. The molecular weight excluding hydrogens is 337 g/mol. The molecule has 0 spiro atoms. The molecule has 1 fully saturated rings. The topological polar surface area (TPSA) is 69.0 Å². The van der Waals surface area contributed by atoms with E-state index in [2.05, 4.69) is 20.5 Å². The van der Waals surface area contributed by atoms with Crippen LogP contribution in [0.15, 0.2) is 12.3 Å². The number of tetrazole rings is 1. The van der Waals surface area contributed by atoms with E-state index in [4.69, 9.17) is 16.3 Å². The standard InChI is InChI=1S/C12H12ClF3N6O/c1-21-11(18-19-20-21)9-6-22(2-3-23-9)10-8(13)4-7(5-17-10)12(14,15)16/h4-5,9H,2-3,6H2,1H3. The van der Waals surface area contributed by atoms with Crippen LogP contribution in [0.5, 0.6) is 0 Å². The van der Waals surface area contributed by atoms with Gasteiger partial charge < -0.3 is 9.64 Å². The fourth-order valence-corrected chi connectivity index (χ4v) is 2.61. The van der Waals surface area contributed by atoms with Crippen LogP contribution in [0.3, 0.4) is 0 Å². The molecule has 0 N–H and O–H groups in total. The zero-order chi connectivity index (χ0) is 16.6. The van der Waals surface area contributed by atoms with E-state index in [9.17, 15) is 13.2 Å². The monoisotopic (exact) mass is 348 g/mol. The van der Waals surface area contributed by atoms with Crippen molar-refractivity contribution in [2.45, 2.75) is 12.3 Å². The summed E-state index contributed by atoms with van der Waals surface area (Å²) in [7, 11) is 1.68. The summed E-state index contributed by atoms with van der Waals surface area (Å²) in [6.07, 6.45) is -4.12. The number of anilines is 1. The van der Waals surface area contributed by atoms with Crippen LogP contribution >= 0.6 is 11.6 Å². The molecule has 124 valence electrons. The number of hydrogen-bond acceptors (Lipinski definition) is 6. The lowest BCUT2D eigenvalue weighted by atomic mass is 10.2. The highest BCUT2D eigenvalue weighted by atomic mass is 35.5. The average Bonchev–Trinajstić information content (AvgIpc) is 2.92. The predicted octanol–water partition coefficient (Wildman–Crippen LogP) is 1.86. The number of aromatic nitrogens is 5. The molecule has 0 bridgehead atoms. The van der Waals surface area contributed by atoms with Crippen LogP contribution in [-0.4, -0.2) is 44.9 Å². The maximum absolute atomic E-state index is 12.7. The van der Waals surface area contributed by atoms with Gasteiger partial charge in [0.05, 0.1) is 23.7 Å². The van der Waals surface area contributed by atoms with E-state index in [-0.39, 0.29) is 10.8 Å². The Morgan fingerprint density at radius 1 is 1.39 bits per heavy atom. The van der Waals surface area contributed by atoms with E-state index in [1.54, 1.807) is 11.9 Å². The number of rotatable bonds is 2. The first-order valence-electron chi connectivity index (χ1n) is 6.68. The number of pyridine rings is 1. The van der Waals surface area contributed by atoms with Gasteiger partial charge in [-0.2, -0.15) is 13.2 Å². The van der Waals surface area contributed by atoms with Crippen molar-refractivity contribution in [3.8, 4) is 0 Å². The van der Waals surface area contributed by atoms with Crippen molar-refractivity contribution in [1.82, 2.24) is 25.2 Å². The van der Waals surface area contributed by atoms with Crippen molar-refractivity contribution in [2.75, 3.05) is 24.6 Å². The lowest BCUT2D eigenvalue weighted by molar-refractivity contribution is -0.137. The van der Waals surface area contributed by atoms with E-state index in [1.165, 1.54) is 4.68 Å². The van der Waals surface area contributed by atoms with Gasteiger partial charge >= 0.3 is 6.18 Å². The SMILES string of the molecule is Cn1nnnc1C1CN(c2ncc(C(F)(F)F)cc2Cl)CCO1. The molecule has 0 aromatic carbocycles. The summed E-state index contributed by atoms with van der Waals surface area (Å²) in [5.74, 6) is 0.806. The van der Waals surface area contributed by atoms with Gasteiger partial charge in [0.25, 0.3) is 0 Å². The summed E-state index contributed by atoms with van der Waals surface area (Å²) < 4.78 is 45.1. The Balaban J connectivity index is 1.83. The number of aryl methyl sites for hydroxylation is 1. The molecule has 0 saturated carbocycles. The van der Waals surface area contributed by atoms with Crippen LogP contribution in [0.4, 0.5) is 19.0 Å². The predicted molar refractivity (Wildman–Crippen MR) is 74.0 cm³/mol. The van der Waals surface area contributed by atoms with Crippen molar-refractivity contribution in [1.29, 1.82) is 0 Å². The van der Waals surface area contributed by atoms with Crippen LogP contribution < -0.4 is 4.90 Å². The number of hydrogen-bond donors (Lipinski definition) is 0. The van der Waals surface area contributed by atoms with Gasteiger partial charge in [-0.3, -0.25) is 0 Å². The maximum Gasteiger partial charge on any atom is 0.417 e. The first kappa shape index (κ1) is 15.9. The Labute approximate surface area is 134 Å². The Bertz CT molecular complexity index is 706. The van der Waals surface area contributed by atoms with Crippen LogP contribution in [-0.2, 0) is 18.0 Å².